The van der Waals surface area contributed by atoms with E-state index < -0.39 is 9.84 Å². The van der Waals surface area contributed by atoms with E-state index in [1.165, 1.54) is 6.26 Å². The fraction of sp³-hybridized carbons (Fsp3) is 0.636. The Morgan fingerprint density at radius 1 is 1.33 bits per heavy atom. The maximum atomic E-state index is 11.2. The number of nitrogens with zero attached hydrogens (tertiary/aromatic N) is 2. The molecule has 1 atom stereocenters. The Kier molecular flexibility index (Phi) is 5.10. The molecule has 0 bridgehead atoms. The molecule has 1 rings (SSSR count). The van der Waals surface area contributed by atoms with Crippen LogP contribution in [0.5, 0.6) is 0 Å². The van der Waals surface area contributed by atoms with Gasteiger partial charge in [-0.1, -0.05) is 13.8 Å². The van der Waals surface area contributed by atoms with Crippen molar-refractivity contribution in [3.63, 3.8) is 0 Å². The fourth-order valence-corrected chi connectivity index (χ4v) is 2.91. The highest BCUT2D eigenvalue weighted by Crippen LogP contribution is 2.18. The quantitative estimate of drug-likeness (QED) is 0.835. The topological polar surface area (TPSA) is 72.0 Å². The van der Waals surface area contributed by atoms with Crippen LogP contribution in [0.1, 0.15) is 32.5 Å². The maximum absolute atomic E-state index is 11.2. The van der Waals surface area contributed by atoms with Crippen molar-refractivity contribution in [3.8, 4) is 0 Å². The highest BCUT2D eigenvalue weighted by atomic mass is 79.9. The molecule has 0 aliphatic rings. The normalized spacial score (nSPS) is 13.7. The molecule has 0 aliphatic carbocycles. The fourth-order valence-electron chi connectivity index (χ4n) is 1.52. The molecule has 0 saturated carbocycles. The summed E-state index contributed by atoms with van der Waals surface area (Å²) in [5.41, 5.74) is 0. The molecule has 0 radical (unpaired) electrons. The number of aromatic nitrogens is 2. The Morgan fingerprint density at radius 2 is 1.94 bits per heavy atom. The second-order valence-electron chi connectivity index (χ2n) is 4.73. The summed E-state index contributed by atoms with van der Waals surface area (Å²) in [7, 11) is -3.00. The van der Waals surface area contributed by atoms with Crippen molar-refractivity contribution < 1.29 is 8.42 Å². The zero-order chi connectivity index (χ0) is 13.9. The van der Waals surface area contributed by atoms with Crippen LogP contribution >= 0.6 is 15.9 Å². The van der Waals surface area contributed by atoms with Crippen LogP contribution in [0.15, 0.2) is 10.7 Å². The largest absolute Gasteiger partial charge is 0.366 e. The molecule has 0 aliphatic heterocycles. The van der Waals surface area contributed by atoms with Crippen molar-refractivity contribution in [1.82, 2.24) is 9.97 Å². The lowest BCUT2D eigenvalue weighted by Gasteiger charge is -2.15. The van der Waals surface area contributed by atoms with Gasteiger partial charge in [0.15, 0.2) is 0 Å². The zero-order valence-electron chi connectivity index (χ0n) is 10.9. The van der Waals surface area contributed by atoms with Gasteiger partial charge in [-0.3, -0.25) is 0 Å². The Bertz CT molecular complexity index is 517. The molecular weight excluding hydrogens is 318 g/mol. The SMILES string of the molecule is CC(CS(C)(=O)=O)Nc1cc(Br)nc(C(C)C)n1. The lowest BCUT2D eigenvalue weighted by Crippen LogP contribution is -2.25. The second kappa shape index (κ2) is 5.97. The first-order valence-electron chi connectivity index (χ1n) is 5.66. The first kappa shape index (κ1) is 15.4. The number of rotatable bonds is 5. The number of anilines is 1. The van der Waals surface area contributed by atoms with Gasteiger partial charge >= 0.3 is 0 Å². The van der Waals surface area contributed by atoms with Crippen molar-refractivity contribution in [1.29, 1.82) is 0 Å². The van der Waals surface area contributed by atoms with Crippen molar-refractivity contribution in [2.75, 3.05) is 17.3 Å². The molecule has 1 aromatic heterocycles. The Morgan fingerprint density at radius 3 is 2.44 bits per heavy atom. The highest BCUT2D eigenvalue weighted by Gasteiger charge is 2.12. The molecule has 1 N–H and O–H groups in total. The van der Waals surface area contributed by atoms with Crippen LogP contribution in [-0.2, 0) is 9.84 Å². The van der Waals surface area contributed by atoms with Gasteiger partial charge in [0.1, 0.15) is 26.1 Å². The van der Waals surface area contributed by atoms with Crippen LogP contribution in [0.3, 0.4) is 0 Å². The van der Waals surface area contributed by atoms with Gasteiger partial charge in [-0.05, 0) is 22.9 Å². The third-order valence-corrected chi connectivity index (χ3v) is 3.69. The van der Waals surface area contributed by atoms with E-state index in [1.54, 1.807) is 6.07 Å². The minimum atomic E-state index is -3.00. The Labute approximate surface area is 116 Å². The van der Waals surface area contributed by atoms with Gasteiger partial charge in [0.2, 0.25) is 0 Å². The number of nitrogens with one attached hydrogen (secondary N) is 1. The van der Waals surface area contributed by atoms with Gasteiger partial charge in [-0.25, -0.2) is 18.4 Å². The van der Waals surface area contributed by atoms with Gasteiger partial charge in [0, 0.05) is 24.3 Å². The molecule has 1 unspecified atom stereocenters. The van der Waals surface area contributed by atoms with Crippen LogP contribution in [0.25, 0.3) is 0 Å². The van der Waals surface area contributed by atoms with Crippen LogP contribution in [0, 0.1) is 0 Å². The molecule has 0 amide bonds. The number of halogens is 1. The lowest BCUT2D eigenvalue weighted by atomic mass is 10.2. The van der Waals surface area contributed by atoms with Crippen molar-refractivity contribution >= 4 is 31.6 Å². The van der Waals surface area contributed by atoms with E-state index in [1.807, 2.05) is 20.8 Å². The third-order valence-electron chi connectivity index (χ3n) is 2.18. The summed E-state index contributed by atoms with van der Waals surface area (Å²) in [6, 6.07) is 1.55. The van der Waals surface area contributed by atoms with E-state index in [0.717, 1.165) is 5.82 Å². The van der Waals surface area contributed by atoms with Gasteiger partial charge in [-0.2, -0.15) is 0 Å². The predicted octanol–water partition coefficient (Wildman–Crippen LogP) is 2.21. The molecule has 0 spiro atoms. The molecule has 18 heavy (non-hydrogen) atoms. The molecule has 5 nitrogen and oxygen atoms in total. The monoisotopic (exact) mass is 335 g/mol. The van der Waals surface area contributed by atoms with E-state index in [-0.39, 0.29) is 17.7 Å². The number of sulfone groups is 1. The average molecular weight is 336 g/mol. The minimum absolute atomic E-state index is 0.0750. The van der Waals surface area contributed by atoms with Crippen LogP contribution in [-0.4, -0.2) is 36.4 Å². The molecular formula is C11H18BrN3O2S. The summed E-state index contributed by atoms with van der Waals surface area (Å²) in [5, 5.41) is 3.07. The summed E-state index contributed by atoms with van der Waals surface area (Å²) < 4.78 is 23.1. The second-order valence-corrected chi connectivity index (χ2v) is 7.72. The summed E-state index contributed by atoms with van der Waals surface area (Å²) in [4.78, 5) is 8.62. The predicted molar refractivity (Wildman–Crippen MR) is 76.6 cm³/mol. The summed E-state index contributed by atoms with van der Waals surface area (Å²) >= 11 is 3.32. The Hall–Kier alpha value is -0.690. The van der Waals surface area contributed by atoms with Crippen LogP contribution < -0.4 is 5.32 Å². The van der Waals surface area contributed by atoms with E-state index >= 15 is 0 Å². The lowest BCUT2D eigenvalue weighted by molar-refractivity contribution is 0.598. The first-order chi connectivity index (χ1) is 8.17. The Balaban J connectivity index is 2.84. The molecule has 102 valence electrons. The van der Waals surface area contributed by atoms with Crippen LogP contribution in [0.2, 0.25) is 0 Å². The van der Waals surface area contributed by atoms with E-state index in [4.69, 9.17) is 0 Å². The van der Waals surface area contributed by atoms with Gasteiger partial charge < -0.3 is 5.32 Å². The van der Waals surface area contributed by atoms with Crippen molar-refractivity contribution in [2.24, 2.45) is 0 Å². The summed E-state index contributed by atoms with van der Waals surface area (Å²) in [6.45, 7) is 5.82. The highest BCUT2D eigenvalue weighted by molar-refractivity contribution is 9.10. The van der Waals surface area contributed by atoms with E-state index in [0.29, 0.717) is 10.4 Å². The van der Waals surface area contributed by atoms with Crippen molar-refractivity contribution in [2.45, 2.75) is 32.7 Å². The standard InChI is InChI=1S/C11H18BrN3O2S/c1-7(2)11-14-9(12)5-10(15-11)13-8(3)6-18(4,16)17/h5,7-8H,6H2,1-4H3,(H,13,14,15). The van der Waals surface area contributed by atoms with Crippen LogP contribution in [0.4, 0.5) is 5.82 Å². The van der Waals surface area contributed by atoms with Crippen molar-refractivity contribution in [3.05, 3.63) is 16.5 Å². The third kappa shape index (κ3) is 5.30. The minimum Gasteiger partial charge on any atom is -0.366 e. The smallest absolute Gasteiger partial charge is 0.149 e. The molecule has 0 aromatic carbocycles. The molecule has 1 aromatic rings. The van der Waals surface area contributed by atoms with Gasteiger partial charge in [0.25, 0.3) is 0 Å². The van der Waals surface area contributed by atoms with E-state index in [9.17, 15) is 8.42 Å². The van der Waals surface area contributed by atoms with Gasteiger partial charge in [0.05, 0.1) is 5.75 Å². The summed E-state index contributed by atoms with van der Waals surface area (Å²) in [6.07, 6.45) is 1.22. The van der Waals surface area contributed by atoms with Gasteiger partial charge in [-0.15, -0.1) is 0 Å². The number of hydrogen-bond acceptors (Lipinski definition) is 5. The van der Waals surface area contributed by atoms with E-state index in [2.05, 4.69) is 31.2 Å². The molecule has 0 saturated heterocycles. The first-order valence-corrected chi connectivity index (χ1v) is 8.51. The maximum Gasteiger partial charge on any atom is 0.149 e. The zero-order valence-corrected chi connectivity index (χ0v) is 13.3. The molecule has 0 fully saturated rings. The number of hydrogen-bond donors (Lipinski definition) is 1. The molecule has 7 heteroatoms. The molecule has 1 heterocycles. The summed E-state index contributed by atoms with van der Waals surface area (Å²) in [5.74, 6) is 1.65. The average Bonchev–Trinajstić information content (AvgIpc) is 2.12.